The molecule has 1 N–H and O–H groups in total. The number of amides is 2. The van der Waals surface area contributed by atoms with Gasteiger partial charge in [0, 0.05) is 50.1 Å². The molecule has 0 bridgehead atoms. The monoisotopic (exact) mass is 546 g/mol. The van der Waals surface area contributed by atoms with Gasteiger partial charge in [0.15, 0.2) is 5.76 Å². The standard InChI is InChI=1S/C29H31FN6O4/c1-34(2)28(37)19-39-18-25-12-24(16-35(25)17-26-13-27(33-40-26)20-7-4-3-5-8-20)36-15-23(14-31-36)32-29(38)21-9-6-10-22(30)11-21/h3-11,13-15,24-25H,12,16-19H2,1-2H3,(H,32,38)/t24-,25-/m0/s1. The average Bonchev–Trinajstić information content (AvgIpc) is 3.70. The van der Waals surface area contributed by atoms with Crippen LogP contribution in [0, 0.1) is 5.82 Å². The van der Waals surface area contributed by atoms with Crippen LogP contribution in [0.3, 0.4) is 0 Å². The third kappa shape index (κ3) is 6.61. The Hall–Kier alpha value is -4.35. The summed E-state index contributed by atoms with van der Waals surface area (Å²) in [6.07, 6.45) is 4.05. The third-order valence-electron chi connectivity index (χ3n) is 6.85. The Balaban J connectivity index is 1.27. The van der Waals surface area contributed by atoms with Crippen LogP contribution >= 0.6 is 0 Å². The molecule has 1 aliphatic rings. The zero-order chi connectivity index (χ0) is 28.1. The van der Waals surface area contributed by atoms with E-state index in [1.807, 2.05) is 41.1 Å². The molecular formula is C29H31FN6O4. The highest BCUT2D eigenvalue weighted by atomic mass is 19.1. The van der Waals surface area contributed by atoms with Crippen LogP contribution in [0.1, 0.15) is 28.6 Å². The van der Waals surface area contributed by atoms with E-state index in [1.54, 1.807) is 32.6 Å². The van der Waals surface area contributed by atoms with Crippen LogP contribution in [-0.2, 0) is 16.1 Å². The number of aromatic nitrogens is 3. The Bertz CT molecular complexity index is 1450. The molecule has 5 rings (SSSR count). The lowest BCUT2D eigenvalue weighted by Gasteiger charge is -2.22. The van der Waals surface area contributed by atoms with Crippen molar-refractivity contribution in [2.24, 2.45) is 0 Å². The predicted molar refractivity (Wildman–Crippen MR) is 146 cm³/mol. The molecule has 2 atom stereocenters. The number of nitrogens with zero attached hydrogens (tertiary/aromatic N) is 5. The van der Waals surface area contributed by atoms with E-state index in [1.165, 1.54) is 23.1 Å². The number of hydrogen-bond donors (Lipinski definition) is 1. The Kier molecular flexibility index (Phi) is 8.32. The first kappa shape index (κ1) is 27.2. The fraction of sp³-hybridized carbons (Fsp3) is 0.310. The lowest BCUT2D eigenvalue weighted by Crippen LogP contribution is -2.34. The highest BCUT2D eigenvalue weighted by Gasteiger charge is 2.34. The van der Waals surface area contributed by atoms with Gasteiger partial charge >= 0.3 is 0 Å². The number of hydrogen-bond acceptors (Lipinski definition) is 7. The van der Waals surface area contributed by atoms with E-state index in [4.69, 9.17) is 9.26 Å². The van der Waals surface area contributed by atoms with E-state index in [-0.39, 0.29) is 30.2 Å². The van der Waals surface area contributed by atoms with Gasteiger partial charge in [-0.1, -0.05) is 41.6 Å². The molecule has 1 fully saturated rings. The summed E-state index contributed by atoms with van der Waals surface area (Å²) >= 11 is 0. The van der Waals surface area contributed by atoms with Crippen LogP contribution in [0.25, 0.3) is 11.3 Å². The second-order valence-electron chi connectivity index (χ2n) is 9.99. The number of rotatable bonds is 10. The molecule has 0 aliphatic carbocycles. The average molecular weight is 547 g/mol. The number of benzene rings is 2. The number of nitrogens with one attached hydrogen (secondary N) is 1. The lowest BCUT2D eigenvalue weighted by atomic mass is 10.1. The number of anilines is 1. The quantitative estimate of drug-likeness (QED) is 0.322. The summed E-state index contributed by atoms with van der Waals surface area (Å²) < 4.78 is 26.8. The van der Waals surface area contributed by atoms with Gasteiger partial charge in [0.25, 0.3) is 5.91 Å². The maximum atomic E-state index is 13.5. The summed E-state index contributed by atoms with van der Waals surface area (Å²) in [4.78, 5) is 28.3. The summed E-state index contributed by atoms with van der Waals surface area (Å²) in [5, 5.41) is 11.5. The molecule has 0 unspecified atom stereocenters. The smallest absolute Gasteiger partial charge is 0.255 e. The largest absolute Gasteiger partial charge is 0.370 e. The minimum atomic E-state index is -0.474. The van der Waals surface area contributed by atoms with E-state index in [0.29, 0.717) is 25.4 Å². The lowest BCUT2D eigenvalue weighted by molar-refractivity contribution is -0.134. The normalized spacial score (nSPS) is 17.2. The molecule has 11 heteroatoms. The van der Waals surface area contributed by atoms with Crippen LogP contribution in [-0.4, -0.2) is 76.4 Å². The van der Waals surface area contributed by atoms with Gasteiger partial charge in [0.2, 0.25) is 5.91 Å². The zero-order valence-corrected chi connectivity index (χ0v) is 22.4. The van der Waals surface area contributed by atoms with Crippen molar-refractivity contribution in [2.75, 3.05) is 39.2 Å². The maximum Gasteiger partial charge on any atom is 0.255 e. The summed E-state index contributed by atoms with van der Waals surface area (Å²) in [5.41, 5.74) is 2.48. The van der Waals surface area contributed by atoms with Gasteiger partial charge in [-0.25, -0.2) is 4.39 Å². The Morgan fingerprint density at radius 2 is 1.98 bits per heavy atom. The van der Waals surface area contributed by atoms with Crippen molar-refractivity contribution in [2.45, 2.75) is 25.0 Å². The van der Waals surface area contributed by atoms with Crippen molar-refractivity contribution in [1.82, 2.24) is 24.7 Å². The maximum absolute atomic E-state index is 13.5. The molecular weight excluding hydrogens is 515 g/mol. The topological polar surface area (TPSA) is 106 Å². The highest BCUT2D eigenvalue weighted by molar-refractivity contribution is 6.04. The van der Waals surface area contributed by atoms with Crippen LogP contribution < -0.4 is 5.32 Å². The van der Waals surface area contributed by atoms with Crippen molar-refractivity contribution < 1.29 is 23.2 Å². The van der Waals surface area contributed by atoms with Crippen molar-refractivity contribution >= 4 is 17.5 Å². The molecule has 2 aromatic heterocycles. The Morgan fingerprint density at radius 3 is 2.75 bits per heavy atom. The SMILES string of the molecule is CN(C)C(=O)COC[C@@H]1C[C@H](n2cc(NC(=O)c3cccc(F)c3)cn2)CN1Cc1cc(-c2ccccc2)no1. The molecule has 10 nitrogen and oxygen atoms in total. The number of carbonyl (C=O) groups is 2. The predicted octanol–water partition coefficient (Wildman–Crippen LogP) is 3.85. The minimum Gasteiger partial charge on any atom is -0.370 e. The van der Waals surface area contributed by atoms with Crippen molar-refractivity contribution in [3.63, 3.8) is 0 Å². The molecule has 0 spiro atoms. The first-order chi connectivity index (χ1) is 19.4. The fourth-order valence-corrected chi connectivity index (χ4v) is 4.70. The van der Waals surface area contributed by atoms with Crippen LogP contribution in [0.2, 0.25) is 0 Å². The van der Waals surface area contributed by atoms with Crippen molar-refractivity contribution in [1.29, 1.82) is 0 Å². The molecule has 0 radical (unpaired) electrons. The molecule has 4 aromatic rings. The summed E-state index contributed by atoms with van der Waals surface area (Å²) in [6, 6.07) is 17.3. The van der Waals surface area contributed by atoms with E-state index < -0.39 is 11.7 Å². The molecule has 0 saturated carbocycles. The van der Waals surface area contributed by atoms with Gasteiger partial charge in [-0.05, 0) is 24.6 Å². The first-order valence-corrected chi connectivity index (χ1v) is 13.0. The Morgan fingerprint density at radius 1 is 1.15 bits per heavy atom. The molecule has 2 amide bonds. The van der Waals surface area contributed by atoms with Gasteiger partial charge in [0.1, 0.15) is 18.1 Å². The molecule has 1 saturated heterocycles. The molecule has 40 heavy (non-hydrogen) atoms. The Labute approximate surface area is 231 Å². The summed E-state index contributed by atoms with van der Waals surface area (Å²) in [5.74, 6) is -0.270. The number of ether oxygens (including phenoxy) is 1. The van der Waals surface area contributed by atoms with E-state index >= 15 is 0 Å². The first-order valence-electron chi connectivity index (χ1n) is 13.0. The molecule has 1 aliphatic heterocycles. The van der Waals surface area contributed by atoms with Gasteiger partial charge in [-0.3, -0.25) is 19.2 Å². The van der Waals surface area contributed by atoms with Gasteiger partial charge in [-0.15, -0.1) is 0 Å². The van der Waals surface area contributed by atoms with Crippen molar-refractivity contribution in [3.05, 3.63) is 90.2 Å². The van der Waals surface area contributed by atoms with Crippen LogP contribution in [0.4, 0.5) is 10.1 Å². The van der Waals surface area contributed by atoms with Crippen LogP contribution in [0.15, 0.2) is 77.6 Å². The second-order valence-corrected chi connectivity index (χ2v) is 9.99. The highest BCUT2D eigenvalue weighted by Crippen LogP contribution is 2.30. The second kappa shape index (κ2) is 12.2. The zero-order valence-electron chi connectivity index (χ0n) is 22.4. The minimum absolute atomic E-state index is 0.000211. The van der Waals surface area contributed by atoms with E-state index in [0.717, 1.165) is 23.4 Å². The summed E-state index contributed by atoms with van der Waals surface area (Å²) in [6.45, 7) is 1.52. The van der Waals surface area contributed by atoms with E-state index in [2.05, 4.69) is 20.5 Å². The van der Waals surface area contributed by atoms with Gasteiger partial charge < -0.3 is 19.5 Å². The molecule has 3 heterocycles. The van der Waals surface area contributed by atoms with Crippen LogP contribution in [0.5, 0.6) is 0 Å². The number of likely N-dealkylation sites (tertiary alicyclic amines) is 1. The number of carbonyl (C=O) groups excluding carboxylic acids is 2. The van der Waals surface area contributed by atoms with Gasteiger partial charge in [0.05, 0.1) is 31.1 Å². The molecule has 2 aromatic carbocycles. The van der Waals surface area contributed by atoms with Gasteiger partial charge in [-0.2, -0.15) is 5.10 Å². The summed E-state index contributed by atoms with van der Waals surface area (Å²) in [7, 11) is 3.39. The van der Waals surface area contributed by atoms with Crippen molar-refractivity contribution in [3.8, 4) is 11.3 Å². The third-order valence-corrected chi connectivity index (χ3v) is 6.85. The number of likely N-dealkylation sites (N-methyl/N-ethyl adjacent to an activating group) is 1. The van der Waals surface area contributed by atoms with E-state index in [9.17, 15) is 14.0 Å². The molecule has 208 valence electrons. The fourth-order valence-electron chi connectivity index (χ4n) is 4.70. The number of halogens is 1.